The van der Waals surface area contributed by atoms with Gasteiger partial charge in [-0.25, -0.2) is 4.99 Å². The number of nitrogens with two attached hydrogens (primary N) is 1. The maximum Gasteiger partial charge on any atom is 0.277 e. The van der Waals surface area contributed by atoms with Crippen molar-refractivity contribution >= 4 is 17.6 Å². The normalized spacial score (nSPS) is 48.8. The lowest BCUT2D eigenvalue weighted by Gasteiger charge is -2.27. The Balaban J connectivity index is 1.99. The number of rotatable bonds is 0. The van der Waals surface area contributed by atoms with Crippen molar-refractivity contribution in [2.75, 3.05) is 12.4 Å². The summed E-state index contributed by atoms with van der Waals surface area (Å²) in [6.45, 7) is 0.603. The van der Waals surface area contributed by atoms with E-state index in [0.717, 1.165) is 31.4 Å². The summed E-state index contributed by atoms with van der Waals surface area (Å²) in [7, 11) is 0. The van der Waals surface area contributed by atoms with Crippen LogP contribution in [0.3, 0.4) is 0 Å². The number of hydrogen-bond acceptors (Lipinski definition) is 5. The summed E-state index contributed by atoms with van der Waals surface area (Å²) in [5.74, 6) is 1.29. The van der Waals surface area contributed by atoms with Gasteiger partial charge in [-0.1, -0.05) is 24.6 Å². The predicted octanol–water partition coefficient (Wildman–Crippen LogP) is -0.551. The Hall–Kier alpha value is -1.24. The highest BCUT2D eigenvalue weighted by atomic mass is 32.2. The van der Waals surface area contributed by atoms with Gasteiger partial charge in [-0.3, -0.25) is 5.73 Å². The van der Waals surface area contributed by atoms with Crippen LogP contribution in [0.5, 0.6) is 0 Å². The van der Waals surface area contributed by atoms with Crippen LogP contribution in [0.4, 0.5) is 0 Å². The fourth-order valence-corrected chi connectivity index (χ4v) is 6.44. The summed E-state index contributed by atoms with van der Waals surface area (Å²) >= 11 is 1.60. The van der Waals surface area contributed by atoms with E-state index in [0.29, 0.717) is 12.4 Å². The molecule has 0 unspecified atom stereocenters. The van der Waals surface area contributed by atoms with E-state index in [2.05, 4.69) is 17.1 Å². The van der Waals surface area contributed by atoms with Crippen molar-refractivity contribution in [1.82, 2.24) is 0 Å². The molecule has 3 N–H and O–H groups in total. The fourth-order valence-electron chi connectivity index (χ4n) is 5.02. The maximum absolute atomic E-state index is 9.93. The summed E-state index contributed by atoms with van der Waals surface area (Å²) in [5, 5.41) is 18.9. The van der Waals surface area contributed by atoms with E-state index in [1.165, 1.54) is 0 Å². The third kappa shape index (κ3) is 0.795. The zero-order valence-electron chi connectivity index (χ0n) is 10.5. The average molecular weight is 275 g/mol. The highest BCUT2D eigenvalue weighted by Crippen LogP contribution is 2.88. The van der Waals surface area contributed by atoms with Crippen LogP contribution >= 0.6 is 11.8 Å². The van der Waals surface area contributed by atoms with Crippen LogP contribution < -0.4 is 10.7 Å². The minimum Gasteiger partial charge on any atom is -0.327 e. The van der Waals surface area contributed by atoms with Gasteiger partial charge in [-0.2, -0.15) is 10.5 Å². The van der Waals surface area contributed by atoms with E-state index in [4.69, 9.17) is 10.5 Å². The first-order valence-electron chi connectivity index (χ1n) is 6.68. The van der Waals surface area contributed by atoms with E-state index >= 15 is 0 Å². The highest BCUT2D eigenvalue weighted by molar-refractivity contribution is 8.00. The van der Waals surface area contributed by atoms with E-state index in [-0.39, 0.29) is 5.41 Å². The van der Waals surface area contributed by atoms with Crippen LogP contribution in [0.15, 0.2) is 0 Å². The zero-order chi connectivity index (χ0) is 13.4. The van der Waals surface area contributed by atoms with Crippen LogP contribution in [-0.2, 0) is 4.74 Å². The number of thioether (sulfide) groups is 1. The molecule has 0 aromatic carbocycles. The average Bonchev–Trinajstić information content (AvgIpc) is 2.89. The summed E-state index contributed by atoms with van der Waals surface area (Å²) in [5.41, 5.74) is 4.20. The second kappa shape index (κ2) is 3.08. The monoisotopic (exact) mass is 275 g/mol. The second-order valence-electron chi connectivity index (χ2n) is 5.87. The van der Waals surface area contributed by atoms with E-state index in [9.17, 15) is 10.5 Å². The molecule has 4 aliphatic rings. The number of nitrogens with zero attached hydrogens (tertiary/aromatic N) is 2. The molecule has 2 saturated carbocycles. The van der Waals surface area contributed by atoms with Crippen molar-refractivity contribution in [2.45, 2.75) is 30.7 Å². The van der Waals surface area contributed by atoms with Gasteiger partial charge in [0.2, 0.25) is 0 Å². The lowest BCUT2D eigenvalue weighted by Crippen LogP contribution is -2.88. The van der Waals surface area contributed by atoms with Crippen LogP contribution in [0.25, 0.3) is 0 Å². The number of nitrogens with one attached hydrogen (secondary N) is 1. The first-order valence-corrected chi connectivity index (χ1v) is 7.66. The molecule has 1 saturated heterocycles. The number of fused-ring (bicyclic) bond motifs is 4. The van der Waals surface area contributed by atoms with Crippen molar-refractivity contribution in [1.29, 1.82) is 10.5 Å². The summed E-state index contributed by atoms with van der Waals surface area (Å²) in [6.07, 6.45) is 3.95. The largest absolute Gasteiger partial charge is 0.327 e. The molecule has 0 amide bonds. The van der Waals surface area contributed by atoms with Crippen molar-refractivity contribution in [3.05, 3.63) is 0 Å². The molecule has 4 rings (SSSR count). The van der Waals surface area contributed by atoms with Gasteiger partial charge in [-0.05, 0) is 12.8 Å². The van der Waals surface area contributed by atoms with Crippen molar-refractivity contribution in [3.8, 4) is 12.1 Å². The molecule has 6 heteroatoms. The van der Waals surface area contributed by atoms with Gasteiger partial charge in [0, 0.05) is 11.2 Å². The number of hydrogen-bond donors (Lipinski definition) is 2. The molecule has 2 spiro atoms. The van der Waals surface area contributed by atoms with Crippen LogP contribution in [0.2, 0.25) is 0 Å². The minimum absolute atomic E-state index is 0.295. The number of amidine groups is 1. The molecule has 0 bridgehead atoms. The van der Waals surface area contributed by atoms with Gasteiger partial charge in [-0.15, -0.1) is 0 Å². The Labute approximate surface area is 115 Å². The molecule has 19 heavy (non-hydrogen) atoms. The Morgan fingerprint density at radius 1 is 1.26 bits per heavy atom. The molecule has 0 radical (unpaired) electrons. The molecule has 0 aromatic heterocycles. The van der Waals surface area contributed by atoms with Crippen molar-refractivity contribution < 1.29 is 9.73 Å². The Morgan fingerprint density at radius 2 is 2.00 bits per heavy atom. The third-order valence-electron chi connectivity index (χ3n) is 5.62. The SMILES string of the molecule is N#C[C@@]12C3(CCCC3)[C@]1(C#N)C(N)=[NH+][C@@]21OCCS1. The topological polar surface area (TPSA) is 96.8 Å². The molecule has 2 aliphatic heterocycles. The number of nitriles is 2. The van der Waals surface area contributed by atoms with Gasteiger partial charge in [0.25, 0.3) is 10.9 Å². The summed E-state index contributed by atoms with van der Waals surface area (Å²) < 4.78 is 5.91. The summed E-state index contributed by atoms with van der Waals surface area (Å²) in [4.78, 5) is 3.15. The highest BCUT2D eigenvalue weighted by Gasteiger charge is 3.03. The standard InChI is InChI=1S/C13H14N4OS/c14-7-11-9(16)17-13(18-5-6-19-13)12(11,8-15)10(11)3-1-2-4-10/h1-6H2,(H2,16,17)/p+1/t11-,12+,13+/m0/s1. The first kappa shape index (κ1) is 11.6. The van der Waals surface area contributed by atoms with Gasteiger partial charge < -0.3 is 4.74 Å². The van der Waals surface area contributed by atoms with Crippen LogP contribution in [0.1, 0.15) is 25.7 Å². The Bertz CT molecular complexity index is 576. The van der Waals surface area contributed by atoms with Crippen LogP contribution in [0, 0.1) is 38.9 Å². The fraction of sp³-hybridized carbons (Fsp3) is 0.769. The third-order valence-corrected chi connectivity index (χ3v) is 6.92. The molecular weight excluding hydrogens is 260 g/mol. The Kier molecular flexibility index (Phi) is 1.88. The lowest BCUT2D eigenvalue weighted by molar-refractivity contribution is -0.585. The van der Waals surface area contributed by atoms with Gasteiger partial charge in [0.15, 0.2) is 10.8 Å². The molecule has 5 nitrogen and oxygen atoms in total. The molecule has 3 atom stereocenters. The smallest absolute Gasteiger partial charge is 0.277 e. The molecule has 3 fully saturated rings. The zero-order valence-corrected chi connectivity index (χ0v) is 11.3. The summed E-state index contributed by atoms with van der Waals surface area (Å²) in [6, 6.07) is 4.87. The quantitative estimate of drug-likeness (QED) is 0.618. The van der Waals surface area contributed by atoms with Gasteiger partial charge >= 0.3 is 0 Å². The molecular formula is C13H15N4OS+. The Morgan fingerprint density at radius 3 is 2.53 bits per heavy atom. The van der Waals surface area contributed by atoms with E-state index in [1.54, 1.807) is 11.8 Å². The lowest BCUT2D eigenvalue weighted by atomic mass is 9.89. The molecule has 98 valence electrons. The molecule has 2 heterocycles. The molecule has 0 aromatic rings. The van der Waals surface area contributed by atoms with Gasteiger partial charge in [0.1, 0.15) is 0 Å². The van der Waals surface area contributed by atoms with E-state index in [1.807, 2.05) is 0 Å². The minimum atomic E-state index is -0.859. The van der Waals surface area contributed by atoms with Gasteiger partial charge in [0.05, 0.1) is 18.7 Å². The number of ether oxygens (including phenoxy) is 1. The maximum atomic E-state index is 9.93. The molecule has 2 aliphatic carbocycles. The van der Waals surface area contributed by atoms with Crippen molar-refractivity contribution in [3.63, 3.8) is 0 Å². The first-order chi connectivity index (χ1) is 9.16. The second-order valence-corrected chi connectivity index (χ2v) is 7.14. The van der Waals surface area contributed by atoms with E-state index < -0.39 is 15.9 Å². The van der Waals surface area contributed by atoms with Crippen molar-refractivity contribution in [2.24, 2.45) is 22.0 Å². The van der Waals surface area contributed by atoms with Crippen LogP contribution in [-0.4, -0.2) is 23.3 Å². The predicted molar refractivity (Wildman–Crippen MR) is 68.3 cm³/mol.